The third-order valence-electron chi connectivity index (χ3n) is 3.25. The molecule has 0 heterocycles. The average molecular weight is 372 g/mol. The molecule has 0 fully saturated rings. The summed E-state index contributed by atoms with van der Waals surface area (Å²) in [5.41, 5.74) is 1.12. The van der Waals surface area contributed by atoms with Crippen LogP contribution in [-0.2, 0) is 14.3 Å². The van der Waals surface area contributed by atoms with Crippen molar-refractivity contribution in [2.24, 2.45) is 0 Å². The SMILES string of the molecule is COC(=O)CCSC(SCCC(=O)N(C)C)c1cccc(OC)c1. The van der Waals surface area contributed by atoms with Crippen molar-refractivity contribution in [3.63, 3.8) is 0 Å². The molecule has 0 aliphatic carbocycles. The summed E-state index contributed by atoms with van der Waals surface area (Å²) in [6, 6.07) is 7.89. The molecule has 0 aromatic heterocycles. The second-order valence-electron chi connectivity index (χ2n) is 5.21. The number of esters is 1. The van der Waals surface area contributed by atoms with Gasteiger partial charge in [0.15, 0.2) is 0 Å². The number of rotatable bonds is 10. The van der Waals surface area contributed by atoms with Crippen LogP contribution >= 0.6 is 23.5 Å². The molecular formula is C17H25NO4S2. The Hall–Kier alpha value is -1.34. The Morgan fingerprint density at radius 1 is 1.12 bits per heavy atom. The number of methoxy groups -OCH3 is 2. The molecule has 0 aliphatic heterocycles. The van der Waals surface area contributed by atoms with Crippen LogP contribution in [0.4, 0.5) is 0 Å². The van der Waals surface area contributed by atoms with Crippen molar-refractivity contribution in [2.75, 3.05) is 39.8 Å². The fourth-order valence-electron chi connectivity index (χ4n) is 1.86. The van der Waals surface area contributed by atoms with E-state index in [4.69, 9.17) is 4.74 Å². The maximum Gasteiger partial charge on any atom is 0.306 e. The number of amides is 1. The van der Waals surface area contributed by atoms with Crippen LogP contribution in [0.3, 0.4) is 0 Å². The summed E-state index contributed by atoms with van der Waals surface area (Å²) < 4.78 is 10.1. The van der Waals surface area contributed by atoms with E-state index in [0.29, 0.717) is 18.6 Å². The lowest BCUT2D eigenvalue weighted by molar-refractivity contribution is -0.140. The molecule has 5 nitrogen and oxygen atoms in total. The monoisotopic (exact) mass is 371 g/mol. The van der Waals surface area contributed by atoms with Gasteiger partial charge in [-0.25, -0.2) is 0 Å². The Balaban J connectivity index is 2.67. The minimum atomic E-state index is -0.209. The van der Waals surface area contributed by atoms with E-state index in [1.54, 1.807) is 49.6 Å². The highest BCUT2D eigenvalue weighted by molar-refractivity contribution is 8.16. The molecule has 0 spiro atoms. The zero-order valence-corrected chi connectivity index (χ0v) is 16.2. The summed E-state index contributed by atoms with van der Waals surface area (Å²) in [6.45, 7) is 0. The molecule has 0 saturated heterocycles. The Morgan fingerprint density at radius 3 is 2.38 bits per heavy atom. The van der Waals surface area contributed by atoms with Crippen LogP contribution < -0.4 is 4.74 Å². The molecule has 7 heteroatoms. The molecule has 24 heavy (non-hydrogen) atoms. The Morgan fingerprint density at radius 2 is 1.79 bits per heavy atom. The molecule has 134 valence electrons. The number of thioether (sulfide) groups is 2. The van der Waals surface area contributed by atoms with E-state index in [0.717, 1.165) is 17.1 Å². The lowest BCUT2D eigenvalue weighted by Gasteiger charge is -2.18. The van der Waals surface area contributed by atoms with Crippen molar-refractivity contribution in [3.05, 3.63) is 29.8 Å². The zero-order chi connectivity index (χ0) is 17.9. The van der Waals surface area contributed by atoms with Gasteiger partial charge in [0.2, 0.25) is 5.91 Å². The number of ether oxygens (including phenoxy) is 2. The molecule has 1 aromatic carbocycles. The number of benzene rings is 1. The Kier molecular flexibility index (Phi) is 9.71. The van der Waals surface area contributed by atoms with Gasteiger partial charge in [0.25, 0.3) is 0 Å². The smallest absolute Gasteiger partial charge is 0.306 e. The number of carbonyl (C=O) groups excluding carboxylic acids is 2. The van der Waals surface area contributed by atoms with Crippen LogP contribution in [0.25, 0.3) is 0 Å². The van der Waals surface area contributed by atoms with Crippen molar-refractivity contribution >= 4 is 35.4 Å². The maximum absolute atomic E-state index is 11.7. The van der Waals surface area contributed by atoms with Crippen LogP contribution in [0.1, 0.15) is 23.0 Å². The summed E-state index contributed by atoms with van der Waals surface area (Å²) >= 11 is 3.39. The van der Waals surface area contributed by atoms with Gasteiger partial charge < -0.3 is 14.4 Å². The minimum Gasteiger partial charge on any atom is -0.497 e. The van der Waals surface area contributed by atoms with E-state index in [2.05, 4.69) is 4.74 Å². The lowest BCUT2D eigenvalue weighted by atomic mass is 10.2. The van der Waals surface area contributed by atoms with E-state index in [-0.39, 0.29) is 16.5 Å². The molecule has 1 aromatic rings. The summed E-state index contributed by atoms with van der Waals surface area (Å²) in [7, 11) is 6.56. The third kappa shape index (κ3) is 7.49. The van der Waals surface area contributed by atoms with Crippen LogP contribution in [0.5, 0.6) is 5.75 Å². The van der Waals surface area contributed by atoms with Crippen molar-refractivity contribution in [1.29, 1.82) is 0 Å². The summed E-state index contributed by atoms with van der Waals surface area (Å²) in [4.78, 5) is 24.6. The lowest BCUT2D eigenvalue weighted by Crippen LogP contribution is -2.21. The van der Waals surface area contributed by atoms with Gasteiger partial charge in [-0.2, -0.15) is 0 Å². The number of hydrogen-bond acceptors (Lipinski definition) is 6. The number of carbonyl (C=O) groups is 2. The molecule has 1 unspecified atom stereocenters. The number of hydrogen-bond donors (Lipinski definition) is 0. The highest BCUT2D eigenvalue weighted by Gasteiger charge is 2.16. The third-order valence-corrected chi connectivity index (χ3v) is 6.10. The average Bonchev–Trinajstić information content (AvgIpc) is 2.59. The Labute approximate surface area is 152 Å². The van der Waals surface area contributed by atoms with E-state index in [1.807, 2.05) is 24.3 Å². The van der Waals surface area contributed by atoms with Crippen LogP contribution in [0.15, 0.2) is 24.3 Å². The molecule has 1 rings (SSSR count). The van der Waals surface area contributed by atoms with E-state index >= 15 is 0 Å². The predicted molar refractivity (Wildman–Crippen MR) is 101 cm³/mol. The van der Waals surface area contributed by atoms with Crippen molar-refractivity contribution in [1.82, 2.24) is 4.90 Å². The highest BCUT2D eigenvalue weighted by Crippen LogP contribution is 2.41. The molecule has 1 atom stereocenters. The van der Waals surface area contributed by atoms with Gasteiger partial charge in [-0.05, 0) is 17.7 Å². The zero-order valence-electron chi connectivity index (χ0n) is 14.6. The first kappa shape index (κ1) is 20.7. The van der Waals surface area contributed by atoms with Crippen molar-refractivity contribution in [2.45, 2.75) is 17.4 Å². The maximum atomic E-state index is 11.7. The first-order valence-electron chi connectivity index (χ1n) is 7.62. The second kappa shape index (κ2) is 11.3. The summed E-state index contributed by atoms with van der Waals surface area (Å²) in [6.07, 6.45) is 0.870. The number of nitrogens with zero attached hydrogens (tertiary/aromatic N) is 1. The van der Waals surface area contributed by atoms with E-state index in [1.165, 1.54) is 7.11 Å². The highest BCUT2D eigenvalue weighted by atomic mass is 32.2. The molecule has 0 aliphatic rings. The van der Waals surface area contributed by atoms with Gasteiger partial charge >= 0.3 is 5.97 Å². The largest absolute Gasteiger partial charge is 0.497 e. The first-order valence-corrected chi connectivity index (χ1v) is 9.71. The van der Waals surface area contributed by atoms with E-state index < -0.39 is 0 Å². The summed E-state index contributed by atoms with van der Waals surface area (Å²) in [5.74, 6) is 2.11. The predicted octanol–water partition coefficient (Wildman–Crippen LogP) is 3.20. The molecule has 1 amide bonds. The van der Waals surface area contributed by atoms with Gasteiger partial charge in [0.1, 0.15) is 5.75 Å². The van der Waals surface area contributed by atoms with Crippen LogP contribution in [0.2, 0.25) is 0 Å². The fraction of sp³-hybridized carbons (Fsp3) is 0.529. The molecular weight excluding hydrogens is 346 g/mol. The van der Waals surface area contributed by atoms with Gasteiger partial charge in [-0.15, -0.1) is 23.5 Å². The molecule has 0 bridgehead atoms. The standard InChI is InChI=1S/C17H25NO4S2/c1-18(2)15(19)8-10-23-17(24-11-9-16(20)22-4)13-6-5-7-14(12-13)21-3/h5-7,12,17H,8-11H2,1-4H3. The Bertz CT molecular complexity index is 537. The quantitative estimate of drug-likeness (QED) is 0.465. The summed E-state index contributed by atoms with van der Waals surface area (Å²) in [5, 5.41) is 0. The topological polar surface area (TPSA) is 55.8 Å². The first-order chi connectivity index (χ1) is 11.5. The van der Waals surface area contributed by atoms with Crippen molar-refractivity contribution in [3.8, 4) is 5.75 Å². The minimum absolute atomic E-state index is 0.117. The van der Waals surface area contributed by atoms with Crippen LogP contribution in [0, 0.1) is 0 Å². The van der Waals surface area contributed by atoms with Gasteiger partial charge in [0, 0.05) is 32.0 Å². The van der Waals surface area contributed by atoms with Crippen molar-refractivity contribution < 1.29 is 19.1 Å². The van der Waals surface area contributed by atoms with Gasteiger partial charge in [0.05, 0.1) is 25.2 Å². The van der Waals surface area contributed by atoms with Crippen LogP contribution in [-0.4, -0.2) is 56.6 Å². The molecule has 0 N–H and O–H groups in total. The van der Waals surface area contributed by atoms with Gasteiger partial charge in [-0.3, -0.25) is 9.59 Å². The van der Waals surface area contributed by atoms with Gasteiger partial charge in [-0.1, -0.05) is 12.1 Å². The second-order valence-corrected chi connectivity index (χ2v) is 7.94. The molecule has 0 radical (unpaired) electrons. The fourth-order valence-corrected chi connectivity index (χ4v) is 4.50. The molecule has 0 saturated carbocycles. The van der Waals surface area contributed by atoms with E-state index in [9.17, 15) is 9.59 Å². The normalized spacial score (nSPS) is 11.7.